The van der Waals surface area contributed by atoms with E-state index in [0.717, 1.165) is 24.3 Å². The third-order valence-electron chi connectivity index (χ3n) is 2.62. The van der Waals surface area contributed by atoms with Crippen molar-refractivity contribution in [1.82, 2.24) is 0 Å². The van der Waals surface area contributed by atoms with E-state index in [1.807, 2.05) is 48.5 Å². The van der Waals surface area contributed by atoms with Crippen LogP contribution >= 0.6 is 9.03 Å². The van der Waals surface area contributed by atoms with E-state index >= 15 is 0 Å². The number of hydrogen-bond acceptors (Lipinski definition) is 2. The molecule has 0 aliphatic rings. The van der Waals surface area contributed by atoms with Gasteiger partial charge in [-0.2, -0.15) is 0 Å². The Morgan fingerprint density at radius 3 is 2.16 bits per heavy atom. The molecule has 0 aromatic heterocycles. The molecule has 2 aromatic carbocycles. The lowest BCUT2D eigenvalue weighted by Gasteiger charge is -2.07. The Kier molecular flexibility index (Phi) is 5.46. The van der Waals surface area contributed by atoms with Crippen LogP contribution in [0.2, 0.25) is 0 Å². The summed E-state index contributed by atoms with van der Waals surface area (Å²) < 4.78 is 11.1. The molecule has 0 saturated carbocycles. The summed E-state index contributed by atoms with van der Waals surface area (Å²) in [5.74, 6) is 1.65. The molecule has 0 bridgehead atoms. The van der Waals surface area contributed by atoms with Crippen molar-refractivity contribution in [2.45, 2.75) is 12.8 Å². The van der Waals surface area contributed by atoms with Gasteiger partial charge in [-0.15, -0.1) is 6.58 Å². The Morgan fingerprint density at radius 1 is 0.895 bits per heavy atom. The maximum Gasteiger partial charge on any atom is 0.275 e. The van der Waals surface area contributed by atoms with Crippen molar-refractivity contribution in [3.05, 3.63) is 72.8 Å². The summed E-state index contributed by atoms with van der Waals surface area (Å²) in [4.78, 5) is 0. The van der Waals surface area contributed by atoms with E-state index in [0.29, 0.717) is 0 Å². The van der Waals surface area contributed by atoms with Crippen LogP contribution in [0.5, 0.6) is 11.5 Å². The highest BCUT2D eigenvalue weighted by molar-refractivity contribution is 7.27. The zero-order valence-corrected chi connectivity index (χ0v) is 11.7. The van der Waals surface area contributed by atoms with Crippen molar-refractivity contribution in [2.75, 3.05) is 0 Å². The van der Waals surface area contributed by atoms with Gasteiger partial charge in [-0.25, -0.2) is 0 Å². The van der Waals surface area contributed by atoms with E-state index in [9.17, 15) is 0 Å². The third-order valence-corrected chi connectivity index (χ3v) is 3.26. The fourth-order valence-electron chi connectivity index (χ4n) is 1.60. The van der Waals surface area contributed by atoms with Gasteiger partial charge in [0.2, 0.25) is 0 Å². The Bertz CT molecular complexity index is 494. The van der Waals surface area contributed by atoms with Crippen molar-refractivity contribution >= 4 is 9.03 Å². The average molecular weight is 272 g/mol. The van der Waals surface area contributed by atoms with Gasteiger partial charge in [-0.3, -0.25) is 0 Å². The van der Waals surface area contributed by atoms with Crippen molar-refractivity contribution in [2.24, 2.45) is 0 Å². The van der Waals surface area contributed by atoms with Crippen molar-refractivity contribution in [3.8, 4) is 11.5 Å². The highest BCUT2D eigenvalue weighted by Gasteiger charge is 1.97. The first kappa shape index (κ1) is 13.6. The summed E-state index contributed by atoms with van der Waals surface area (Å²) in [6.07, 6.45) is 3.95. The molecule has 0 fully saturated rings. The first-order valence-electron chi connectivity index (χ1n) is 6.22. The molecule has 1 unspecified atom stereocenters. The predicted molar refractivity (Wildman–Crippen MR) is 81.0 cm³/mol. The molecule has 2 aromatic rings. The number of benzene rings is 2. The molecular formula is C16H17O2P. The van der Waals surface area contributed by atoms with E-state index in [2.05, 4.69) is 18.7 Å². The van der Waals surface area contributed by atoms with E-state index in [1.165, 1.54) is 5.56 Å². The fraction of sp³-hybridized carbons (Fsp3) is 0.125. The van der Waals surface area contributed by atoms with Gasteiger partial charge in [0.1, 0.15) is 11.5 Å². The maximum absolute atomic E-state index is 5.55. The Labute approximate surface area is 116 Å². The maximum atomic E-state index is 5.55. The lowest BCUT2D eigenvalue weighted by molar-refractivity contribution is 0.515. The van der Waals surface area contributed by atoms with Crippen LogP contribution in [0.25, 0.3) is 0 Å². The van der Waals surface area contributed by atoms with Gasteiger partial charge in [-0.05, 0) is 42.7 Å². The number of rotatable bonds is 7. The molecule has 0 aliphatic carbocycles. The first-order chi connectivity index (χ1) is 9.38. The van der Waals surface area contributed by atoms with Gasteiger partial charge in [0.25, 0.3) is 9.03 Å². The van der Waals surface area contributed by atoms with E-state index in [1.54, 1.807) is 0 Å². The molecule has 0 heterocycles. The second-order valence-corrected chi connectivity index (χ2v) is 4.65. The van der Waals surface area contributed by atoms with Crippen LogP contribution < -0.4 is 9.05 Å². The molecule has 0 saturated heterocycles. The van der Waals surface area contributed by atoms with E-state index in [4.69, 9.17) is 9.05 Å². The Balaban J connectivity index is 1.78. The smallest absolute Gasteiger partial charge is 0.275 e. The van der Waals surface area contributed by atoms with E-state index in [-0.39, 0.29) is 9.03 Å². The zero-order valence-electron chi connectivity index (χ0n) is 10.7. The monoisotopic (exact) mass is 272 g/mol. The molecule has 0 N–H and O–H groups in total. The van der Waals surface area contributed by atoms with Gasteiger partial charge in [0.05, 0.1) is 0 Å². The first-order valence-corrected chi connectivity index (χ1v) is 7.04. The molecule has 98 valence electrons. The molecule has 0 amide bonds. The molecule has 0 spiro atoms. The molecule has 19 heavy (non-hydrogen) atoms. The normalized spacial score (nSPS) is 10.5. The SMILES string of the molecule is C=CCCc1ccc(OPOc2ccccc2)cc1. The van der Waals surface area contributed by atoms with Gasteiger partial charge in [0, 0.05) is 0 Å². The van der Waals surface area contributed by atoms with Crippen LogP contribution in [-0.4, -0.2) is 0 Å². The number of para-hydroxylation sites is 1. The van der Waals surface area contributed by atoms with Crippen LogP contribution in [0.1, 0.15) is 12.0 Å². The second kappa shape index (κ2) is 7.60. The van der Waals surface area contributed by atoms with Crippen molar-refractivity contribution in [3.63, 3.8) is 0 Å². The topological polar surface area (TPSA) is 18.5 Å². The minimum Gasteiger partial charge on any atom is -0.441 e. The van der Waals surface area contributed by atoms with Crippen LogP contribution in [0.15, 0.2) is 67.3 Å². The highest BCUT2D eigenvalue weighted by atomic mass is 31.1. The number of hydrogen-bond donors (Lipinski definition) is 0. The van der Waals surface area contributed by atoms with Crippen LogP contribution in [0, 0.1) is 0 Å². The lowest BCUT2D eigenvalue weighted by Crippen LogP contribution is -1.86. The largest absolute Gasteiger partial charge is 0.441 e. The lowest BCUT2D eigenvalue weighted by atomic mass is 10.1. The standard InChI is InChI=1S/C16H17O2P/c1-2-3-7-14-10-12-16(13-11-14)18-19-17-15-8-5-4-6-9-15/h2,4-6,8-13,19H,1,3,7H2. The Hall–Kier alpha value is -1.79. The van der Waals surface area contributed by atoms with Crippen LogP contribution in [0.3, 0.4) is 0 Å². The van der Waals surface area contributed by atoms with Crippen molar-refractivity contribution in [1.29, 1.82) is 0 Å². The molecule has 2 rings (SSSR count). The van der Waals surface area contributed by atoms with Crippen LogP contribution in [-0.2, 0) is 6.42 Å². The highest BCUT2D eigenvalue weighted by Crippen LogP contribution is 2.25. The quantitative estimate of drug-likeness (QED) is 0.534. The minimum atomic E-state index is -0.0313. The summed E-state index contributed by atoms with van der Waals surface area (Å²) in [6.45, 7) is 3.72. The fourth-order valence-corrected chi connectivity index (χ4v) is 2.10. The van der Waals surface area contributed by atoms with Gasteiger partial charge in [0.15, 0.2) is 0 Å². The third kappa shape index (κ3) is 4.76. The van der Waals surface area contributed by atoms with Gasteiger partial charge in [-0.1, -0.05) is 36.4 Å². The zero-order chi connectivity index (χ0) is 13.3. The van der Waals surface area contributed by atoms with Gasteiger partial charge >= 0.3 is 0 Å². The van der Waals surface area contributed by atoms with Crippen LogP contribution in [0.4, 0.5) is 0 Å². The minimum absolute atomic E-state index is 0.0313. The molecule has 0 radical (unpaired) electrons. The molecular weight excluding hydrogens is 255 g/mol. The van der Waals surface area contributed by atoms with Gasteiger partial charge < -0.3 is 9.05 Å². The average Bonchev–Trinajstić information content (AvgIpc) is 2.47. The molecule has 3 heteroatoms. The molecule has 2 nitrogen and oxygen atoms in total. The van der Waals surface area contributed by atoms with E-state index < -0.39 is 0 Å². The predicted octanol–water partition coefficient (Wildman–Crippen LogP) is 4.77. The van der Waals surface area contributed by atoms with Crippen molar-refractivity contribution < 1.29 is 9.05 Å². The second-order valence-electron chi connectivity index (χ2n) is 4.07. The molecule has 1 atom stereocenters. The molecule has 0 aliphatic heterocycles. The summed E-state index contributed by atoms with van der Waals surface area (Å²) in [5.41, 5.74) is 1.29. The number of aryl methyl sites for hydroxylation is 1. The number of allylic oxidation sites excluding steroid dienone is 1. The summed E-state index contributed by atoms with van der Waals surface area (Å²) >= 11 is 0. The summed E-state index contributed by atoms with van der Waals surface area (Å²) in [7, 11) is -0.0313. The summed E-state index contributed by atoms with van der Waals surface area (Å²) in [6, 6.07) is 17.8. The Morgan fingerprint density at radius 2 is 1.53 bits per heavy atom. The summed E-state index contributed by atoms with van der Waals surface area (Å²) in [5, 5.41) is 0.